The Bertz CT molecular complexity index is 1820. The molecule has 0 aliphatic rings. The summed E-state index contributed by atoms with van der Waals surface area (Å²) in [5, 5.41) is 32.2. The minimum absolute atomic E-state index is 0.0114. The molecule has 0 bridgehead atoms. The molecule has 12 heteroatoms. The number of esters is 1. The lowest BCUT2D eigenvalue weighted by molar-refractivity contribution is -0.147. The van der Waals surface area contributed by atoms with Crippen LogP contribution in [-0.4, -0.2) is 73.8 Å². The van der Waals surface area contributed by atoms with Crippen LogP contribution in [0.3, 0.4) is 0 Å². The van der Waals surface area contributed by atoms with E-state index in [9.17, 15) is 19.5 Å². The smallest absolute Gasteiger partial charge is 0.303 e. The Morgan fingerprint density at radius 1 is 0.776 bits per heavy atom. The zero-order valence-corrected chi connectivity index (χ0v) is 35.2. The molecule has 4 aromatic rings. The normalized spacial score (nSPS) is 13.0. The van der Waals surface area contributed by atoms with Crippen LogP contribution in [0.5, 0.6) is 0 Å². The molecular formula is C46H65N7O5. The van der Waals surface area contributed by atoms with Crippen molar-refractivity contribution in [3.8, 4) is 22.5 Å². The van der Waals surface area contributed by atoms with E-state index in [1.165, 1.54) is 6.92 Å². The summed E-state index contributed by atoms with van der Waals surface area (Å²) >= 11 is 0. The Kier molecular flexibility index (Phi) is 19.5. The van der Waals surface area contributed by atoms with Gasteiger partial charge in [-0.3, -0.25) is 19.3 Å². The monoisotopic (exact) mass is 796 g/mol. The molecule has 0 spiro atoms. The second kappa shape index (κ2) is 24.7. The fourth-order valence-electron chi connectivity index (χ4n) is 7.41. The van der Waals surface area contributed by atoms with Gasteiger partial charge in [-0.05, 0) is 72.4 Å². The number of benzene rings is 3. The Hall–Kier alpha value is -4.94. The predicted octanol–water partition coefficient (Wildman–Crippen LogP) is 8.55. The van der Waals surface area contributed by atoms with E-state index >= 15 is 0 Å². The summed E-state index contributed by atoms with van der Waals surface area (Å²) in [6.07, 6.45) is 9.61. The van der Waals surface area contributed by atoms with Gasteiger partial charge in [0.25, 0.3) is 5.91 Å². The molecule has 3 aromatic carbocycles. The van der Waals surface area contributed by atoms with E-state index < -0.39 is 18.4 Å². The van der Waals surface area contributed by atoms with Crippen LogP contribution in [0.4, 0.5) is 0 Å². The number of hydrogen-bond acceptors (Lipinski definition) is 9. The van der Waals surface area contributed by atoms with Gasteiger partial charge in [-0.25, -0.2) is 0 Å². The number of aliphatic hydroxyl groups excluding tert-OH is 1. The number of nitrogens with one attached hydrogen (secondary N) is 3. The van der Waals surface area contributed by atoms with E-state index in [0.717, 1.165) is 92.0 Å². The predicted molar refractivity (Wildman–Crippen MR) is 228 cm³/mol. The van der Waals surface area contributed by atoms with Crippen molar-refractivity contribution in [3.63, 3.8) is 0 Å². The van der Waals surface area contributed by atoms with Gasteiger partial charge in [0.05, 0.1) is 6.04 Å². The number of ether oxygens (including phenoxy) is 1. The number of nitrogens with zero attached hydrogens (tertiary/aromatic N) is 4. The molecule has 1 aromatic heterocycles. The number of aromatic amines is 1. The van der Waals surface area contributed by atoms with E-state index in [2.05, 4.69) is 69.4 Å². The topological polar surface area (TPSA) is 162 Å². The zero-order valence-electron chi connectivity index (χ0n) is 35.2. The number of carbonyl (C=O) groups excluding carboxylic acids is 3. The van der Waals surface area contributed by atoms with Gasteiger partial charge in [0.2, 0.25) is 11.7 Å². The maximum Gasteiger partial charge on any atom is 0.303 e. The molecular weight excluding hydrogens is 731 g/mol. The number of aliphatic hydroxyl groups is 1. The molecule has 0 aliphatic heterocycles. The molecule has 4 N–H and O–H groups in total. The molecule has 2 amide bonds. The third-order valence-corrected chi connectivity index (χ3v) is 10.5. The Balaban J connectivity index is 1.23. The molecule has 314 valence electrons. The molecule has 58 heavy (non-hydrogen) atoms. The fraction of sp³-hybridized carbons (Fsp3) is 0.522. The minimum atomic E-state index is -0.750. The van der Waals surface area contributed by atoms with Crippen molar-refractivity contribution in [3.05, 3.63) is 89.5 Å². The number of hydrogen-bond donors (Lipinski definition) is 4. The summed E-state index contributed by atoms with van der Waals surface area (Å²) in [7, 11) is 0. The van der Waals surface area contributed by atoms with E-state index in [1.54, 1.807) is 6.07 Å². The van der Waals surface area contributed by atoms with E-state index in [-0.39, 0.29) is 23.7 Å². The first kappa shape index (κ1) is 45.8. The van der Waals surface area contributed by atoms with Crippen molar-refractivity contribution < 1.29 is 24.2 Å². The lowest BCUT2D eigenvalue weighted by Gasteiger charge is -2.37. The first-order valence-electron chi connectivity index (χ1n) is 21.3. The highest BCUT2D eigenvalue weighted by Crippen LogP contribution is 2.31. The van der Waals surface area contributed by atoms with E-state index in [1.807, 2.05) is 61.2 Å². The van der Waals surface area contributed by atoms with Gasteiger partial charge in [-0.2, -0.15) is 5.21 Å². The summed E-state index contributed by atoms with van der Waals surface area (Å²) in [5.41, 5.74) is 5.20. The van der Waals surface area contributed by atoms with Gasteiger partial charge in [-0.15, -0.1) is 10.2 Å². The Morgan fingerprint density at radius 3 is 2.03 bits per heavy atom. The molecule has 3 atom stereocenters. The van der Waals surface area contributed by atoms with Gasteiger partial charge in [0.1, 0.15) is 12.3 Å². The molecule has 1 heterocycles. The summed E-state index contributed by atoms with van der Waals surface area (Å²) in [5.74, 6) is -0.0316. The van der Waals surface area contributed by atoms with Gasteiger partial charge in [-0.1, -0.05) is 133 Å². The van der Waals surface area contributed by atoms with Gasteiger partial charge in [0, 0.05) is 43.2 Å². The molecule has 0 fully saturated rings. The highest BCUT2D eigenvalue weighted by Gasteiger charge is 2.33. The standard InChI is InChI=1S/C46H65N7O5/c1-6-8-24-41(58-34(5)54)38-21-15-17-23-40(38)45(56)47-30-18-12-10-11-13-19-31-48-46(57)43(33(3)4)53(42(55)25-9-7-2)32-35-26-28-36(29-27-35)37-20-14-16-22-39(37)44-49-51-52-50-44/h14-17,20-23,26-29,33,41-43,55H,6-13,18-19,24-25,30-32H2,1-5H3,(H,47,56)(H,48,57)(H,49,50,51,52). The van der Waals surface area contributed by atoms with Crippen molar-refractivity contribution in [1.82, 2.24) is 36.2 Å². The highest BCUT2D eigenvalue weighted by molar-refractivity contribution is 5.95. The molecule has 0 saturated heterocycles. The quantitative estimate of drug-likeness (QED) is 0.0277. The number of carbonyl (C=O) groups is 3. The first-order chi connectivity index (χ1) is 28.1. The van der Waals surface area contributed by atoms with Crippen LogP contribution in [0, 0.1) is 5.92 Å². The SMILES string of the molecule is CCCCC(OC(C)=O)c1ccccc1C(=O)NCCCCCCCCNC(=O)C(C(C)C)N(Cc1ccc(-c2ccccc2-c2nn[nH]n2)cc1)C(O)CCCC. The molecule has 0 saturated carbocycles. The van der Waals surface area contributed by atoms with Crippen molar-refractivity contribution in [2.45, 2.75) is 137 Å². The minimum Gasteiger partial charge on any atom is -0.458 e. The fourth-order valence-corrected chi connectivity index (χ4v) is 7.41. The third kappa shape index (κ3) is 14.2. The van der Waals surface area contributed by atoms with Crippen LogP contribution in [-0.2, 0) is 20.9 Å². The van der Waals surface area contributed by atoms with Crippen molar-refractivity contribution >= 4 is 17.8 Å². The van der Waals surface area contributed by atoms with Crippen molar-refractivity contribution in [2.24, 2.45) is 5.92 Å². The molecule has 3 unspecified atom stereocenters. The van der Waals surface area contributed by atoms with E-state index in [4.69, 9.17) is 4.74 Å². The number of unbranched alkanes of at least 4 members (excludes halogenated alkanes) is 7. The number of H-pyrrole nitrogens is 1. The van der Waals surface area contributed by atoms with Gasteiger partial charge in [0.15, 0.2) is 0 Å². The second-order valence-corrected chi connectivity index (χ2v) is 15.5. The maximum absolute atomic E-state index is 13.8. The van der Waals surface area contributed by atoms with Crippen LogP contribution < -0.4 is 10.6 Å². The molecule has 4 rings (SSSR count). The Labute approximate surface area is 344 Å². The first-order valence-corrected chi connectivity index (χ1v) is 21.3. The van der Waals surface area contributed by atoms with Gasteiger partial charge < -0.3 is 20.5 Å². The van der Waals surface area contributed by atoms with Crippen LogP contribution >= 0.6 is 0 Å². The lowest BCUT2D eigenvalue weighted by atomic mass is 9.97. The highest BCUT2D eigenvalue weighted by atomic mass is 16.5. The lowest BCUT2D eigenvalue weighted by Crippen LogP contribution is -2.53. The van der Waals surface area contributed by atoms with Crippen LogP contribution in [0.15, 0.2) is 72.8 Å². The number of tetrazole rings is 1. The molecule has 12 nitrogen and oxygen atoms in total. The second-order valence-electron chi connectivity index (χ2n) is 15.5. The van der Waals surface area contributed by atoms with Crippen LogP contribution in [0.25, 0.3) is 22.5 Å². The number of rotatable bonds is 26. The maximum atomic E-state index is 13.8. The average molecular weight is 796 g/mol. The number of aromatic nitrogens is 4. The average Bonchev–Trinajstić information content (AvgIpc) is 3.77. The third-order valence-electron chi connectivity index (χ3n) is 10.5. The van der Waals surface area contributed by atoms with Crippen molar-refractivity contribution in [1.29, 1.82) is 0 Å². The zero-order chi connectivity index (χ0) is 41.7. The van der Waals surface area contributed by atoms with Crippen molar-refractivity contribution in [2.75, 3.05) is 13.1 Å². The van der Waals surface area contributed by atoms with Crippen LogP contribution in [0.1, 0.15) is 139 Å². The summed E-state index contributed by atoms with van der Waals surface area (Å²) in [6, 6.07) is 23.1. The number of amides is 2. The molecule has 0 aliphatic carbocycles. The largest absolute Gasteiger partial charge is 0.458 e. The molecule has 0 radical (unpaired) electrons. The Morgan fingerprint density at radius 2 is 1.40 bits per heavy atom. The summed E-state index contributed by atoms with van der Waals surface area (Å²) in [6.45, 7) is 11.3. The van der Waals surface area contributed by atoms with Gasteiger partial charge >= 0.3 is 5.97 Å². The summed E-state index contributed by atoms with van der Waals surface area (Å²) < 4.78 is 5.58. The van der Waals surface area contributed by atoms with E-state index in [0.29, 0.717) is 43.9 Å². The summed E-state index contributed by atoms with van der Waals surface area (Å²) in [4.78, 5) is 40.6. The van der Waals surface area contributed by atoms with Crippen LogP contribution in [0.2, 0.25) is 0 Å².